The van der Waals surface area contributed by atoms with Crippen molar-refractivity contribution in [2.75, 3.05) is 11.9 Å². The van der Waals surface area contributed by atoms with E-state index < -0.39 is 28.6 Å². The lowest BCUT2D eigenvalue weighted by Gasteiger charge is -2.14. The Morgan fingerprint density at radius 3 is 2.59 bits per heavy atom. The van der Waals surface area contributed by atoms with Gasteiger partial charge in [0.15, 0.2) is 5.13 Å². The normalized spacial score (nSPS) is 12.6. The minimum atomic E-state index is -4.31. The molecule has 4 N–H and O–H groups in total. The third kappa shape index (κ3) is 5.02. The van der Waals surface area contributed by atoms with Crippen LogP contribution in [0.2, 0.25) is 5.02 Å². The van der Waals surface area contributed by atoms with E-state index in [9.17, 15) is 18.0 Å². The van der Waals surface area contributed by atoms with Crippen molar-refractivity contribution in [1.82, 2.24) is 9.71 Å². The van der Waals surface area contributed by atoms with Crippen LogP contribution in [-0.4, -0.2) is 48.1 Å². The van der Waals surface area contributed by atoms with E-state index in [1.54, 1.807) is 13.0 Å². The van der Waals surface area contributed by atoms with Crippen LogP contribution in [0.5, 0.6) is 0 Å². The highest BCUT2D eigenvalue weighted by molar-refractivity contribution is 7.89. The molecule has 0 unspecified atom stereocenters. The number of aliphatic hydroxyl groups is 1. The molecule has 0 aliphatic carbocycles. The van der Waals surface area contributed by atoms with Gasteiger partial charge in [0, 0.05) is 6.92 Å². The molecule has 1 aromatic carbocycles. The number of aromatic nitrogens is 1. The maximum atomic E-state index is 12.5. The van der Waals surface area contributed by atoms with Gasteiger partial charge in [0.25, 0.3) is 0 Å². The molecule has 0 saturated carbocycles. The molecule has 1 aromatic heterocycles. The first kappa shape index (κ1) is 21.3. The third-order valence-electron chi connectivity index (χ3n) is 3.34. The number of carboxylic acid groups (broad SMARTS) is 1. The Balaban J connectivity index is 2.46. The number of aryl methyl sites for hydroxylation is 1. The standard InChI is InChI=1S/C15H16ClN3O6S2/c1-7-13(26-15(17-7)18-8(2)21)9-3-4-10(16)12(5-9)27(24,25)19-11(6-20)14(22)23/h3-5,11,19-20H,6H2,1-2H3,(H,22,23)(H,17,18,21)/t11-/m0/s1. The highest BCUT2D eigenvalue weighted by atomic mass is 35.5. The Morgan fingerprint density at radius 1 is 1.37 bits per heavy atom. The van der Waals surface area contributed by atoms with Crippen molar-refractivity contribution in [2.45, 2.75) is 24.8 Å². The van der Waals surface area contributed by atoms with Crippen molar-refractivity contribution >= 4 is 50.0 Å². The smallest absolute Gasteiger partial charge is 0.324 e. The van der Waals surface area contributed by atoms with Crippen molar-refractivity contribution in [3.63, 3.8) is 0 Å². The number of aliphatic hydroxyl groups excluding tert-OH is 1. The molecule has 9 nitrogen and oxygen atoms in total. The van der Waals surface area contributed by atoms with Crippen LogP contribution in [0, 0.1) is 6.92 Å². The number of nitrogens with zero attached hydrogens (tertiary/aromatic N) is 1. The largest absolute Gasteiger partial charge is 0.480 e. The molecule has 0 aliphatic rings. The Hall–Kier alpha value is -2.05. The summed E-state index contributed by atoms with van der Waals surface area (Å²) in [4.78, 5) is 26.6. The number of benzene rings is 1. The van der Waals surface area contributed by atoms with Gasteiger partial charge in [-0.3, -0.25) is 9.59 Å². The first-order valence-electron chi connectivity index (χ1n) is 7.46. The lowest BCUT2D eigenvalue weighted by Crippen LogP contribution is -2.43. The van der Waals surface area contributed by atoms with E-state index in [0.717, 1.165) is 11.3 Å². The summed E-state index contributed by atoms with van der Waals surface area (Å²) in [7, 11) is -4.31. The van der Waals surface area contributed by atoms with E-state index in [1.807, 2.05) is 4.72 Å². The Morgan fingerprint density at radius 2 is 2.04 bits per heavy atom. The number of hydrogen-bond donors (Lipinski definition) is 4. The van der Waals surface area contributed by atoms with Gasteiger partial charge in [-0.1, -0.05) is 29.0 Å². The zero-order valence-corrected chi connectivity index (χ0v) is 16.6. The van der Waals surface area contributed by atoms with E-state index >= 15 is 0 Å². The highest BCUT2D eigenvalue weighted by Crippen LogP contribution is 2.35. The number of carbonyl (C=O) groups excluding carboxylic acids is 1. The summed E-state index contributed by atoms with van der Waals surface area (Å²) in [5.74, 6) is -1.81. The Bertz CT molecular complexity index is 989. The molecule has 2 rings (SSSR count). The fourth-order valence-electron chi connectivity index (χ4n) is 2.14. The maximum absolute atomic E-state index is 12.5. The van der Waals surface area contributed by atoms with E-state index in [1.165, 1.54) is 19.1 Å². The van der Waals surface area contributed by atoms with Crippen molar-refractivity contribution in [3.8, 4) is 10.4 Å². The molecule has 146 valence electrons. The van der Waals surface area contributed by atoms with Gasteiger partial charge >= 0.3 is 5.97 Å². The monoisotopic (exact) mass is 433 g/mol. The molecule has 0 spiro atoms. The first-order chi connectivity index (χ1) is 12.5. The molecule has 27 heavy (non-hydrogen) atoms. The fraction of sp³-hybridized carbons (Fsp3) is 0.267. The number of nitrogens with one attached hydrogen (secondary N) is 2. The maximum Gasteiger partial charge on any atom is 0.324 e. The molecule has 1 heterocycles. The highest BCUT2D eigenvalue weighted by Gasteiger charge is 2.27. The molecule has 0 saturated heterocycles. The predicted octanol–water partition coefficient (Wildman–Crippen LogP) is 1.45. The zero-order chi connectivity index (χ0) is 20.4. The molecule has 0 fully saturated rings. The number of sulfonamides is 1. The quantitative estimate of drug-likeness (QED) is 0.516. The van der Waals surface area contributed by atoms with Crippen LogP contribution in [0.3, 0.4) is 0 Å². The number of carboxylic acids is 1. The van der Waals surface area contributed by atoms with Crippen LogP contribution in [0.25, 0.3) is 10.4 Å². The molecular weight excluding hydrogens is 418 g/mol. The second-order valence-electron chi connectivity index (χ2n) is 5.45. The lowest BCUT2D eigenvalue weighted by atomic mass is 10.2. The minimum absolute atomic E-state index is 0.113. The van der Waals surface area contributed by atoms with Crippen molar-refractivity contribution in [1.29, 1.82) is 0 Å². The summed E-state index contributed by atoms with van der Waals surface area (Å²) in [5, 5.41) is 20.8. The molecule has 2 aromatic rings. The van der Waals surface area contributed by atoms with Gasteiger partial charge in [-0.05, 0) is 24.6 Å². The summed E-state index contributed by atoms with van der Waals surface area (Å²) in [6.45, 7) is 2.12. The second-order valence-corrected chi connectivity index (χ2v) is 8.54. The van der Waals surface area contributed by atoms with Gasteiger partial charge < -0.3 is 15.5 Å². The van der Waals surface area contributed by atoms with Crippen LogP contribution >= 0.6 is 22.9 Å². The van der Waals surface area contributed by atoms with Gasteiger partial charge in [0.05, 0.1) is 22.2 Å². The molecule has 0 radical (unpaired) electrons. The number of carbonyl (C=O) groups is 2. The van der Waals surface area contributed by atoms with Crippen molar-refractivity contribution in [3.05, 3.63) is 28.9 Å². The van der Waals surface area contributed by atoms with Crippen molar-refractivity contribution < 1.29 is 28.2 Å². The van der Waals surface area contributed by atoms with Crippen LogP contribution in [0.4, 0.5) is 5.13 Å². The van der Waals surface area contributed by atoms with E-state index in [2.05, 4.69) is 10.3 Å². The average molecular weight is 434 g/mol. The number of rotatable bonds is 7. The summed E-state index contributed by atoms with van der Waals surface area (Å²) in [6.07, 6.45) is 0. The first-order valence-corrected chi connectivity index (χ1v) is 10.1. The Kier molecular flexibility index (Phi) is 6.54. The summed E-state index contributed by atoms with van der Waals surface area (Å²) in [6, 6.07) is 2.52. The summed E-state index contributed by atoms with van der Waals surface area (Å²) < 4.78 is 26.9. The number of thiazole rings is 1. The van der Waals surface area contributed by atoms with Crippen LogP contribution in [0.1, 0.15) is 12.6 Å². The summed E-state index contributed by atoms with van der Waals surface area (Å²) in [5.41, 5.74) is 1.04. The minimum Gasteiger partial charge on any atom is -0.480 e. The van der Waals surface area contributed by atoms with Crippen LogP contribution in [0.15, 0.2) is 23.1 Å². The van der Waals surface area contributed by atoms with Crippen LogP contribution in [-0.2, 0) is 19.6 Å². The number of aliphatic carboxylic acids is 1. The van der Waals surface area contributed by atoms with Gasteiger partial charge in [0.1, 0.15) is 10.9 Å². The number of anilines is 1. The van der Waals surface area contributed by atoms with Gasteiger partial charge in [-0.25, -0.2) is 13.4 Å². The Labute approximate surface area is 164 Å². The SMILES string of the molecule is CC(=O)Nc1nc(C)c(-c2ccc(Cl)c(S(=O)(=O)N[C@@H](CO)C(=O)O)c2)s1. The molecular formula is C15H16ClN3O6S2. The van der Waals surface area contributed by atoms with Gasteiger partial charge in [0.2, 0.25) is 15.9 Å². The fourth-order valence-corrected chi connectivity index (χ4v) is 4.85. The molecule has 12 heteroatoms. The molecule has 0 aliphatic heterocycles. The predicted molar refractivity (Wildman–Crippen MR) is 100 cm³/mol. The zero-order valence-electron chi connectivity index (χ0n) is 14.2. The molecule has 1 atom stereocenters. The van der Waals surface area contributed by atoms with Crippen molar-refractivity contribution in [2.24, 2.45) is 0 Å². The van der Waals surface area contributed by atoms with Crippen LogP contribution < -0.4 is 10.0 Å². The number of halogens is 1. The van der Waals surface area contributed by atoms with E-state index in [0.29, 0.717) is 21.3 Å². The van der Waals surface area contributed by atoms with Gasteiger partial charge in [-0.15, -0.1) is 0 Å². The average Bonchev–Trinajstić information content (AvgIpc) is 2.92. The molecule has 1 amide bonds. The topological polar surface area (TPSA) is 146 Å². The number of amides is 1. The lowest BCUT2D eigenvalue weighted by molar-refractivity contribution is -0.139. The molecule has 0 bridgehead atoms. The second kappa shape index (κ2) is 8.31. The van der Waals surface area contributed by atoms with E-state index in [-0.39, 0.29) is 15.8 Å². The van der Waals surface area contributed by atoms with Gasteiger partial charge in [-0.2, -0.15) is 4.72 Å². The third-order valence-corrected chi connectivity index (χ3v) is 6.42. The van der Waals surface area contributed by atoms with E-state index in [4.69, 9.17) is 21.8 Å². The summed E-state index contributed by atoms with van der Waals surface area (Å²) >= 11 is 7.14. The number of hydrogen-bond acceptors (Lipinski definition) is 7.